The zero-order valence-corrected chi connectivity index (χ0v) is 7.77. The number of pyridine rings is 1. The average molecular weight is 176 g/mol. The lowest BCUT2D eigenvalue weighted by molar-refractivity contribution is 0.241. The molecule has 0 atom stereocenters. The lowest BCUT2D eigenvalue weighted by Crippen LogP contribution is -2.05. The van der Waals surface area contributed by atoms with Crippen LogP contribution in [0.2, 0.25) is 0 Å². The van der Waals surface area contributed by atoms with Gasteiger partial charge < -0.3 is 9.14 Å². The Bertz CT molecular complexity index is 406. The fourth-order valence-corrected chi connectivity index (χ4v) is 1.24. The molecule has 0 aromatic carbocycles. The van der Waals surface area contributed by atoms with Crippen molar-refractivity contribution in [1.29, 1.82) is 0 Å². The SMILES string of the molecule is CC(C)Oc1ccc2cncn2c1. The molecule has 3 nitrogen and oxygen atoms in total. The highest BCUT2D eigenvalue weighted by molar-refractivity contribution is 5.46. The highest BCUT2D eigenvalue weighted by atomic mass is 16.5. The Morgan fingerprint density at radius 2 is 2.23 bits per heavy atom. The predicted octanol–water partition coefficient (Wildman–Crippen LogP) is 2.12. The molecule has 3 heteroatoms. The second-order valence-electron chi connectivity index (χ2n) is 3.26. The Morgan fingerprint density at radius 3 is 3.00 bits per heavy atom. The fourth-order valence-electron chi connectivity index (χ4n) is 1.24. The molecule has 0 unspecified atom stereocenters. The normalized spacial score (nSPS) is 11.0. The first-order chi connectivity index (χ1) is 6.25. The van der Waals surface area contributed by atoms with E-state index in [-0.39, 0.29) is 6.10 Å². The molecule has 0 aliphatic rings. The summed E-state index contributed by atoms with van der Waals surface area (Å²) in [5, 5.41) is 0. The van der Waals surface area contributed by atoms with Gasteiger partial charge in [-0.15, -0.1) is 0 Å². The largest absolute Gasteiger partial charge is 0.489 e. The summed E-state index contributed by atoms with van der Waals surface area (Å²) in [4.78, 5) is 4.03. The summed E-state index contributed by atoms with van der Waals surface area (Å²) < 4.78 is 7.49. The highest BCUT2D eigenvalue weighted by Gasteiger charge is 1.98. The number of aromatic nitrogens is 2. The molecule has 0 bridgehead atoms. The van der Waals surface area contributed by atoms with Gasteiger partial charge in [0.25, 0.3) is 0 Å². The molecule has 0 spiro atoms. The molecule has 2 heterocycles. The van der Waals surface area contributed by atoms with E-state index < -0.39 is 0 Å². The minimum atomic E-state index is 0.209. The first kappa shape index (κ1) is 8.10. The average Bonchev–Trinajstić information content (AvgIpc) is 2.49. The maximum Gasteiger partial charge on any atom is 0.136 e. The minimum absolute atomic E-state index is 0.209. The summed E-state index contributed by atoms with van der Waals surface area (Å²) in [6.45, 7) is 4.02. The third kappa shape index (κ3) is 1.64. The summed E-state index contributed by atoms with van der Waals surface area (Å²) in [5.41, 5.74) is 1.08. The second kappa shape index (κ2) is 3.09. The van der Waals surface area contributed by atoms with Crippen LogP contribution < -0.4 is 4.74 Å². The maximum absolute atomic E-state index is 5.54. The molecule has 0 fully saturated rings. The summed E-state index contributed by atoms with van der Waals surface area (Å²) in [5.74, 6) is 0.875. The maximum atomic E-state index is 5.54. The zero-order valence-electron chi connectivity index (χ0n) is 7.77. The number of rotatable bonds is 2. The van der Waals surface area contributed by atoms with E-state index in [0.717, 1.165) is 11.3 Å². The first-order valence-corrected chi connectivity index (χ1v) is 4.34. The number of ether oxygens (including phenoxy) is 1. The number of imidazole rings is 1. The Labute approximate surface area is 77.0 Å². The molecule has 0 saturated carbocycles. The van der Waals surface area contributed by atoms with Crippen LogP contribution in [0.3, 0.4) is 0 Å². The van der Waals surface area contributed by atoms with Crippen molar-refractivity contribution in [2.45, 2.75) is 20.0 Å². The van der Waals surface area contributed by atoms with Crippen molar-refractivity contribution in [3.63, 3.8) is 0 Å². The molecule has 0 saturated heterocycles. The molecule has 68 valence electrons. The molecule has 2 aromatic heterocycles. The van der Waals surface area contributed by atoms with E-state index in [1.165, 1.54) is 0 Å². The van der Waals surface area contributed by atoms with E-state index >= 15 is 0 Å². The van der Waals surface area contributed by atoms with E-state index in [2.05, 4.69) is 4.98 Å². The number of hydrogen-bond donors (Lipinski definition) is 0. The van der Waals surface area contributed by atoms with Gasteiger partial charge in [0.05, 0.1) is 30.3 Å². The van der Waals surface area contributed by atoms with Crippen molar-refractivity contribution in [2.75, 3.05) is 0 Å². The molecular weight excluding hydrogens is 164 g/mol. The third-order valence-corrected chi connectivity index (χ3v) is 1.75. The van der Waals surface area contributed by atoms with Gasteiger partial charge in [0.15, 0.2) is 0 Å². The monoisotopic (exact) mass is 176 g/mol. The van der Waals surface area contributed by atoms with E-state index in [9.17, 15) is 0 Å². The van der Waals surface area contributed by atoms with Gasteiger partial charge in [-0.2, -0.15) is 0 Å². The Kier molecular flexibility index (Phi) is 1.93. The van der Waals surface area contributed by atoms with Crippen molar-refractivity contribution in [3.05, 3.63) is 30.9 Å². The van der Waals surface area contributed by atoms with Gasteiger partial charge in [0, 0.05) is 0 Å². The number of hydrogen-bond acceptors (Lipinski definition) is 2. The van der Waals surface area contributed by atoms with Crippen LogP contribution in [-0.4, -0.2) is 15.5 Å². The molecule has 13 heavy (non-hydrogen) atoms. The van der Waals surface area contributed by atoms with Crippen molar-refractivity contribution < 1.29 is 4.74 Å². The van der Waals surface area contributed by atoms with E-state index in [4.69, 9.17) is 4.74 Å². The molecule has 2 aromatic rings. The third-order valence-electron chi connectivity index (χ3n) is 1.75. The lowest BCUT2D eigenvalue weighted by atomic mass is 10.4. The van der Waals surface area contributed by atoms with Crippen LogP contribution in [0.25, 0.3) is 5.52 Å². The Morgan fingerprint density at radius 1 is 1.38 bits per heavy atom. The van der Waals surface area contributed by atoms with Crippen LogP contribution in [0.1, 0.15) is 13.8 Å². The summed E-state index contributed by atoms with van der Waals surface area (Å²) in [6.07, 6.45) is 5.73. The predicted molar refractivity (Wildman–Crippen MR) is 51.0 cm³/mol. The zero-order chi connectivity index (χ0) is 9.26. The molecule has 0 aliphatic carbocycles. The summed E-state index contributed by atoms with van der Waals surface area (Å²) in [6, 6.07) is 3.95. The molecular formula is C10H12N2O. The van der Waals surface area contributed by atoms with E-state index in [1.807, 2.05) is 42.8 Å². The summed E-state index contributed by atoms with van der Waals surface area (Å²) in [7, 11) is 0. The molecule has 0 N–H and O–H groups in total. The van der Waals surface area contributed by atoms with Gasteiger partial charge in [-0.3, -0.25) is 0 Å². The van der Waals surface area contributed by atoms with Crippen molar-refractivity contribution in [2.24, 2.45) is 0 Å². The van der Waals surface area contributed by atoms with Crippen LogP contribution in [0.4, 0.5) is 0 Å². The van der Waals surface area contributed by atoms with E-state index in [1.54, 1.807) is 6.33 Å². The van der Waals surface area contributed by atoms with Gasteiger partial charge >= 0.3 is 0 Å². The van der Waals surface area contributed by atoms with Crippen LogP contribution in [-0.2, 0) is 0 Å². The number of fused-ring (bicyclic) bond motifs is 1. The second-order valence-corrected chi connectivity index (χ2v) is 3.26. The van der Waals surface area contributed by atoms with Gasteiger partial charge in [-0.1, -0.05) is 0 Å². The molecule has 2 rings (SSSR count). The molecule has 0 aliphatic heterocycles. The molecule has 0 amide bonds. The number of nitrogens with zero attached hydrogens (tertiary/aromatic N) is 2. The van der Waals surface area contributed by atoms with Crippen molar-refractivity contribution >= 4 is 5.52 Å². The van der Waals surface area contributed by atoms with E-state index in [0.29, 0.717) is 0 Å². The van der Waals surface area contributed by atoms with Gasteiger partial charge in [0.2, 0.25) is 0 Å². The first-order valence-electron chi connectivity index (χ1n) is 4.34. The van der Waals surface area contributed by atoms with Crippen LogP contribution in [0, 0.1) is 0 Å². The van der Waals surface area contributed by atoms with Crippen LogP contribution in [0.15, 0.2) is 30.9 Å². The van der Waals surface area contributed by atoms with Crippen LogP contribution >= 0.6 is 0 Å². The standard InChI is InChI=1S/C10H12N2O/c1-8(2)13-10-4-3-9-5-11-7-12(9)6-10/h3-8H,1-2H3. The minimum Gasteiger partial charge on any atom is -0.489 e. The Hall–Kier alpha value is -1.51. The molecule has 0 radical (unpaired) electrons. The van der Waals surface area contributed by atoms with Crippen molar-refractivity contribution in [1.82, 2.24) is 9.38 Å². The lowest BCUT2D eigenvalue weighted by Gasteiger charge is -2.09. The van der Waals surface area contributed by atoms with Gasteiger partial charge in [-0.05, 0) is 26.0 Å². The van der Waals surface area contributed by atoms with Gasteiger partial charge in [0.1, 0.15) is 5.75 Å². The quantitative estimate of drug-likeness (QED) is 0.700. The van der Waals surface area contributed by atoms with Crippen molar-refractivity contribution in [3.8, 4) is 5.75 Å². The topological polar surface area (TPSA) is 26.5 Å². The fraction of sp³-hybridized carbons (Fsp3) is 0.300. The van der Waals surface area contributed by atoms with Crippen LogP contribution in [0.5, 0.6) is 5.75 Å². The van der Waals surface area contributed by atoms with Gasteiger partial charge in [-0.25, -0.2) is 4.98 Å². The smallest absolute Gasteiger partial charge is 0.136 e. The highest BCUT2D eigenvalue weighted by Crippen LogP contribution is 2.13. The Balaban J connectivity index is 2.37. The summed E-state index contributed by atoms with van der Waals surface area (Å²) >= 11 is 0.